The summed E-state index contributed by atoms with van der Waals surface area (Å²) >= 11 is 1.25. The summed E-state index contributed by atoms with van der Waals surface area (Å²) in [6.07, 6.45) is 0.609. The van der Waals surface area contributed by atoms with Crippen molar-refractivity contribution in [3.8, 4) is 5.75 Å². The second-order valence-corrected chi connectivity index (χ2v) is 8.19. The molecule has 0 fully saturated rings. The summed E-state index contributed by atoms with van der Waals surface area (Å²) in [5, 5.41) is 4.56. The summed E-state index contributed by atoms with van der Waals surface area (Å²) in [5.74, 6) is 0.959. The monoisotopic (exact) mass is 458 g/mol. The van der Waals surface area contributed by atoms with Crippen molar-refractivity contribution in [2.24, 2.45) is 7.05 Å². The number of carbonyl (C=O) groups excluding carboxylic acids is 1. The molecule has 0 atom stereocenters. The summed E-state index contributed by atoms with van der Waals surface area (Å²) in [6.45, 7) is 5.33. The van der Waals surface area contributed by atoms with Crippen LogP contribution in [0.3, 0.4) is 0 Å². The molecule has 0 unspecified atom stereocenters. The lowest BCUT2D eigenvalue weighted by Crippen LogP contribution is -2.00. The number of nitrogens with zero attached hydrogens (tertiary/aromatic N) is 4. The molecular weight excluding hydrogens is 434 g/mol. The van der Waals surface area contributed by atoms with E-state index in [9.17, 15) is 13.6 Å². The van der Waals surface area contributed by atoms with Gasteiger partial charge >= 0.3 is 0 Å². The van der Waals surface area contributed by atoms with Gasteiger partial charge in [-0.25, -0.2) is 18.7 Å². The summed E-state index contributed by atoms with van der Waals surface area (Å²) in [6, 6.07) is 6.83. The van der Waals surface area contributed by atoms with Gasteiger partial charge in [0.15, 0.2) is 10.9 Å². The van der Waals surface area contributed by atoms with Crippen LogP contribution in [0.25, 0.3) is 6.08 Å². The third-order valence-electron chi connectivity index (χ3n) is 4.92. The van der Waals surface area contributed by atoms with Crippen LogP contribution in [-0.2, 0) is 12.8 Å². The minimum Gasteiger partial charge on any atom is -0.496 e. The van der Waals surface area contributed by atoms with Crippen LogP contribution >= 0.6 is 11.8 Å². The minimum absolute atomic E-state index is 0.118. The quantitative estimate of drug-likeness (QED) is 0.198. The number of methoxy groups -OCH3 is 1. The molecule has 0 saturated carbocycles. The van der Waals surface area contributed by atoms with Gasteiger partial charge < -0.3 is 4.74 Å². The first-order chi connectivity index (χ1) is 15.2. The predicted octanol–water partition coefficient (Wildman–Crippen LogP) is 5.27. The number of thioether (sulfide) groups is 1. The molecule has 0 radical (unpaired) electrons. The van der Waals surface area contributed by atoms with Gasteiger partial charge in [-0.15, -0.1) is 0 Å². The predicted molar refractivity (Wildman–Crippen MR) is 120 cm³/mol. The van der Waals surface area contributed by atoms with Crippen LogP contribution in [0.5, 0.6) is 5.75 Å². The smallest absolute Gasteiger partial charge is 0.280 e. The van der Waals surface area contributed by atoms with Crippen molar-refractivity contribution in [1.82, 2.24) is 19.7 Å². The van der Waals surface area contributed by atoms with Gasteiger partial charge in [-0.05, 0) is 50.6 Å². The maximum absolute atomic E-state index is 13.0. The second-order valence-electron chi connectivity index (χ2n) is 7.24. The van der Waals surface area contributed by atoms with Gasteiger partial charge in [0.05, 0.1) is 18.4 Å². The summed E-state index contributed by atoms with van der Waals surface area (Å²) in [5.41, 5.74) is 3.94. The maximum atomic E-state index is 13.0. The highest BCUT2D eigenvalue weighted by atomic mass is 32.2. The standard InChI is InChI=1S/C23H24F2N4O2S/c1-13-10-18(22(24)25)27-23(26-13)32-12-17-11-16(7-9-20(17)31-5)6-8-19(30)21-14(2)28-29(4)15(21)3/h6-11,22H,12H2,1-5H3/b8-6+. The number of ketones is 1. The number of hydrogen-bond donors (Lipinski definition) is 0. The molecule has 0 amide bonds. The molecule has 2 heterocycles. The Labute approximate surface area is 189 Å². The van der Waals surface area contributed by atoms with Crippen molar-refractivity contribution in [2.45, 2.75) is 38.1 Å². The summed E-state index contributed by atoms with van der Waals surface area (Å²) in [7, 11) is 3.37. The summed E-state index contributed by atoms with van der Waals surface area (Å²) in [4.78, 5) is 20.8. The average molecular weight is 459 g/mol. The van der Waals surface area contributed by atoms with Crippen LogP contribution in [0, 0.1) is 20.8 Å². The Morgan fingerprint density at radius 2 is 1.97 bits per heavy atom. The lowest BCUT2D eigenvalue weighted by molar-refractivity contribution is 0.104. The molecule has 3 rings (SSSR count). The normalized spacial score (nSPS) is 11.5. The number of aromatic nitrogens is 4. The van der Waals surface area contributed by atoms with E-state index in [2.05, 4.69) is 15.1 Å². The SMILES string of the molecule is COc1ccc(/C=C/C(=O)c2c(C)nn(C)c2C)cc1CSc1nc(C)cc(C(F)F)n1. The van der Waals surface area contributed by atoms with Gasteiger partial charge in [0, 0.05) is 29.8 Å². The number of alkyl halides is 2. The van der Waals surface area contributed by atoms with Crippen LogP contribution in [-0.4, -0.2) is 32.6 Å². The van der Waals surface area contributed by atoms with Crippen LogP contribution in [0.4, 0.5) is 8.78 Å². The number of carbonyl (C=O) groups is 1. The van der Waals surface area contributed by atoms with E-state index in [1.54, 1.807) is 31.8 Å². The second kappa shape index (κ2) is 10.0. The number of benzene rings is 1. The summed E-state index contributed by atoms with van der Waals surface area (Å²) < 4.78 is 33.2. The molecule has 6 nitrogen and oxygen atoms in total. The van der Waals surface area contributed by atoms with E-state index < -0.39 is 6.43 Å². The van der Waals surface area contributed by atoms with Crippen LogP contribution in [0.2, 0.25) is 0 Å². The van der Waals surface area contributed by atoms with Crippen molar-refractivity contribution in [3.63, 3.8) is 0 Å². The molecule has 0 aliphatic rings. The minimum atomic E-state index is -2.65. The molecule has 168 valence electrons. The highest BCUT2D eigenvalue weighted by molar-refractivity contribution is 7.98. The van der Waals surface area contributed by atoms with Crippen molar-refractivity contribution in [3.05, 3.63) is 69.8 Å². The molecule has 2 aromatic heterocycles. The number of aryl methyl sites for hydroxylation is 3. The van der Waals surface area contributed by atoms with Crippen LogP contribution in [0.15, 0.2) is 35.5 Å². The lowest BCUT2D eigenvalue weighted by Gasteiger charge is -2.10. The van der Waals surface area contributed by atoms with Gasteiger partial charge in [0.25, 0.3) is 6.43 Å². The highest BCUT2D eigenvalue weighted by Crippen LogP contribution is 2.29. The first kappa shape index (κ1) is 23.6. The van der Waals surface area contributed by atoms with E-state index in [0.29, 0.717) is 28.5 Å². The molecule has 0 N–H and O–H groups in total. The molecule has 0 aliphatic heterocycles. The average Bonchev–Trinajstić information content (AvgIpc) is 3.01. The topological polar surface area (TPSA) is 69.9 Å². The van der Waals surface area contributed by atoms with E-state index in [0.717, 1.165) is 16.8 Å². The Morgan fingerprint density at radius 1 is 1.22 bits per heavy atom. The van der Waals surface area contributed by atoms with E-state index in [1.807, 2.05) is 32.0 Å². The Balaban J connectivity index is 1.80. The van der Waals surface area contributed by atoms with Gasteiger partial charge in [-0.1, -0.05) is 23.9 Å². The molecule has 0 bridgehead atoms. The molecule has 32 heavy (non-hydrogen) atoms. The number of halogens is 2. The van der Waals surface area contributed by atoms with Gasteiger partial charge in [0.2, 0.25) is 0 Å². The Hall–Kier alpha value is -3.07. The molecule has 0 saturated heterocycles. The van der Waals surface area contributed by atoms with Gasteiger partial charge in [-0.2, -0.15) is 5.10 Å². The zero-order valence-electron chi connectivity index (χ0n) is 18.5. The van der Waals surface area contributed by atoms with Crippen LogP contribution < -0.4 is 4.74 Å². The third-order valence-corrected chi connectivity index (χ3v) is 5.82. The highest BCUT2D eigenvalue weighted by Gasteiger charge is 2.15. The number of hydrogen-bond acceptors (Lipinski definition) is 6. The van der Waals surface area contributed by atoms with Gasteiger partial charge in [0.1, 0.15) is 11.4 Å². The van der Waals surface area contributed by atoms with E-state index in [-0.39, 0.29) is 16.6 Å². The first-order valence-corrected chi connectivity index (χ1v) is 10.8. The van der Waals surface area contributed by atoms with E-state index >= 15 is 0 Å². The molecule has 9 heteroatoms. The lowest BCUT2D eigenvalue weighted by atomic mass is 10.1. The zero-order valence-corrected chi connectivity index (χ0v) is 19.3. The number of rotatable bonds is 8. The van der Waals surface area contributed by atoms with Crippen LogP contribution in [0.1, 0.15) is 50.7 Å². The largest absolute Gasteiger partial charge is 0.496 e. The molecule has 1 aromatic carbocycles. The number of ether oxygens (including phenoxy) is 1. The van der Waals surface area contributed by atoms with Crippen molar-refractivity contribution < 1.29 is 18.3 Å². The first-order valence-electron chi connectivity index (χ1n) is 9.85. The van der Waals surface area contributed by atoms with Crippen molar-refractivity contribution >= 4 is 23.6 Å². The number of allylic oxidation sites excluding steroid dienone is 1. The van der Waals surface area contributed by atoms with E-state index in [4.69, 9.17) is 4.74 Å². The molecular formula is C23H24F2N4O2S. The van der Waals surface area contributed by atoms with Crippen molar-refractivity contribution in [1.29, 1.82) is 0 Å². The fourth-order valence-electron chi connectivity index (χ4n) is 3.28. The Bertz CT molecular complexity index is 1180. The fraction of sp³-hybridized carbons (Fsp3) is 0.304. The molecule has 3 aromatic rings. The van der Waals surface area contributed by atoms with E-state index in [1.165, 1.54) is 23.9 Å². The third kappa shape index (κ3) is 5.40. The fourth-order valence-corrected chi connectivity index (χ4v) is 4.17. The maximum Gasteiger partial charge on any atom is 0.280 e. The Kier molecular flexibility index (Phi) is 7.40. The van der Waals surface area contributed by atoms with Crippen molar-refractivity contribution in [2.75, 3.05) is 7.11 Å². The molecule has 0 spiro atoms. The Morgan fingerprint density at radius 3 is 2.59 bits per heavy atom. The zero-order chi connectivity index (χ0) is 23.4. The van der Waals surface area contributed by atoms with Gasteiger partial charge in [-0.3, -0.25) is 9.48 Å². The molecule has 0 aliphatic carbocycles.